The predicted octanol–water partition coefficient (Wildman–Crippen LogP) is 3.13. The zero-order chi connectivity index (χ0) is 19.2. The maximum absolute atomic E-state index is 12.9. The number of hydrogen-bond acceptors (Lipinski definition) is 3. The molecule has 3 rings (SSSR count). The van der Waals surface area contributed by atoms with Gasteiger partial charge in [-0.1, -0.05) is 30.4 Å². The molecule has 0 saturated carbocycles. The van der Waals surface area contributed by atoms with E-state index in [0.717, 1.165) is 56.6 Å². The third-order valence-corrected chi connectivity index (χ3v) is 5.44. The number of nitrogens with zero attached hydrogens (tertiary/aromatic N) is 2. The SMILES string of the molecule is C=CC(=O)N1CCCC(C(=O)N2CCC(=Cc3cccc(OC)c3)CC2)C1. The number of carbonyl (C=O) groups is 2. The number of rotatable bonds is 4. The summed E-state index contributed by atoms with van der Waals surface area (Å²) >= 11 is 0. The Morgan fingerprint density at radius 1 is 1.19 bits per heavy atom. The van der Waals surface area contributed by atoms with Crippen molar-refractivity contribution in [1.82, 2.24) is 9.80 Å². The van der Waals surface area contributed by atoms with Gasteiger partial charge in [-0.05, 0) is 49.5 Å². The Kier molecular flexibility index (Phi) is 6.32. The molecule has 0 N–H and O–H groups in total. The lowest BCUT2D eigenvalue weighted by molar-refractivity contribution is -0.139. The maximum atomic E-state index is 12.9. The van der Waals surface area contributed by atoms with Crippen LogP contribution >= 0.6 is 0 Å². The molecule has 144 valence electrons. The number of ether oxygens (including phenoxy) is 1. The van der Waals surface area contributed by atoms with E-state index in [2.05, 4.69) is 18.7 Å². The normalized spacial score (nSPS) is 20.2. The summed E-state index contributed by atoms with van der Waals surface area (Å²) in [6.45, 7) is 6.29. The largest absolute Gasteiger partial charge is 0.497 e. The number of hydrogen-bond donors (Lipinski definition) is 0. The van der Waals surface area contributed by atoms with Gasteiger partial charge in [0.25, 0.3) is 0 Å². The van der Waals surface area contributed by atoms with Gasteiger partial charge in [0, 0.05) is 26.2 Å². The van der Waals surface area contributed by atoms with Gasteiger partial charge >= 0.3 is 0 Å². The highest BCUT2D eigenvalue weighted by molar-refractivity contribution is 5.88. The van der Waals surface area contributed by atoms with Crippen molar-refractivity contribution in [3.63, 3.8) is 0 Å². The third-order valence-electron chi connectivity index (χ3n) is 5.44. The monoisotopic (exact) mass is 368 g/mol. The van der Waals surface area contributed by atoms with Crippen LogP contribution in [0.4, 0.5) is 0 Å². The summed E-state index contributed by atoms with van der Waals surface area (Å²) in [5, 5.41) is 0. The van der Waals surface area contributed by atoms with Gasteiger partial charge in [0.05, 0.1) is 13.0 Å². The first-order chi connectivity index (χ1) is 13.1. The van der Waals surface area contributed by atoms with Crippen LogP contribution in [0.1, 0.15) is 31.2 Å². The molecule has 2 amide bonds. The van der Waals surface area contributed by atoms with Gasteiger partial charge in [-0.15, -0.1) is 0 Å². The summed E-state index contributed by atoms with van der Waals surface area (Å²) < 4.78 is 5.28. The smallest absolute Gasteiger partial charge is 0.245 e. The van der Waals surface area contributed by atoms with Crippen LogP contribution in [0.25, 0.3) is 6.08 Å². The van der Waals surface area contributed by atoms with Gasteiger partial charge in [0.15, 0.2) is 0 Å². The second kappa shape index (κ2) is 8.89. The first kappa shape index (κ1) is 19.2. The zero-order valence-corrected chi connectivity index (χ0v) is 16.0. The van der Waals surface area contributed by atoms with Gasteiger partial charge in [-0.2, -0.15) is 0 Å². The highest BCUT2D eigenvalue weighted by Gasteiger charge is 2.31. The molecular weight excluding hydrogens is 340 g/mol. The van der Waals surface area contributed by atoms with Crippen molar-refractivity contribution in [3.8, 4) is 5.75 Å². The quantitative estimate of drug-likeness (QED) is 0.767. The van der Waals surface area contributed by atoms with Gasteiger partial charge in [0.2, 0.25) is 11.8 Å². The molecule has 0 radical (unpaired) electrons. The van der Waals surface area contributed by atoms with E-state index in [9.17, 15) is 9.59 Å². The molecule has 0 spiro atoms. The fraction of sp³-hybridized carbons (Fsp3) is 0.455. The minimum absolute atomic E-state index is 0.0744. The van der Waals surface area contributed by atoms with Crippen LogP contribution in [0.2, 0.25) is 0 Å². The Labute approximate surface area is 161 Å². The van der Waals surface area contributed by atoms with Crippen LogP contribution in [0.15, 0.2) is 42.5 Å². The van der Waals surface area contributed by atoms with Crippen molar-refractivity contribution in [2.45, 2.75) is 25.7 Å². The number of piperidine rings is 2. The fourth-order valence-electron chi connectivity index (χ4n) is 3.89. The first-order valence-corrected chi connectivity index (χ1v) is 9.64. The average molecular weight is 368 g/mol. The molecule has 0 aliphatic carbocycles. The molecule has 0 aromatic heterocycles. The molecule has 5 heteroatoms. The Morgan fingerprint density at radius 2 is 1.96 bits per heavy atom. The number of carbonyl (C=O) groups excluding carboxylic acids is 2. The topological polar surface area (TPSA) is 49.9 Å². The summed E-state index contributed by atoms with van der Waals surface area (Å²) in [5.41, 5.74) is 2.49. The summed E-state index contributed by atoms with van der Waals surface area (Å²) in [5.74, 6) is 0.895. The maximum Gasteiger partial charge on any atom is 0.245 e. The highest BCUT2D eigenvalue weighted by atomic mass is 16.5. The van der Waals surface area contributed by atoms with Crippen molar-refractivity contribution in [1.29, 1.82) is 0 Å². The van der Waals surface area contributed by atoms with Gasteiger partial charge in [-0.25, -0.2) is 0 Å². The molecule has 0 bridgehead atoms. The van der Waals surface area contributed by atoms with Crippen molar-refractivity contribution in [2.75, 3.05) is 33.3 Å². The van der Waals surface area contributed by atoms with Crippen LogP contribution in [0.5, 0.6) is 5.75 Å². The number of amides is 2. The van der Waals surface area contributed by atoms with Gasteiger partial charge in [0.1, 0.15) is 5.75 Å². The molecule has 1 unspecified atom stereocenters. The third kappa shape index (κ3) is 4.79. The van der Waals surface area contributed by atoms with Crippen molar-refractivity contribution in [2.24, 2.45) is 5.92 Å². The second-order valence-corrected chi connectivity index (χ2v) is 7.23. The first-order valence-electron chi connectivity index (χ1n) is 9.64. The minimum Gasteiger partial charge on any atom is -0.497 e. The van der Waals surface area contributed by atoms with Gasteiger partial charge in [-0.3, -0.25) is 9.59 Å². The lowest BCUT2D eigenvalue weighted by atomic mass is 9.94. The van der Waals surface area contributed by atoms with E-state index in [0.29, 0.717) is 6.54 Å². The lowest BCUT2D eigenvalue weighted by Crippen LogP contribution is -2.47. The van der Waals surface area contributed by atoms with Crippen LogP contribution in [0, 0.1) is 5.92 Å². The molecule has 2 saturated heterocycles. The summed E-state index contributed by atoms with van der Waals surface area (Å²) in [7, 11) is 1.67. The predicted molar refractivity (Wildman–Crippen MR) is 106 cm³/mol. The van der Waals surface area contributed by atoms with Crippen molar-refractivity contribution >= 4 is 17.9 Å². The van der Waals surface area contributed by atoms with E-state index in [1.165, 1.54) is 11.6 Å². The van der Waals surface area contributed by atoms with E-state index < -0.39 is 0 Å². The lowest BCUT2D eigenvalue weighted by Gasteiger charge is -2.36. The number of methoxy groups -OCH3 is 1. The number of likely N-dealkylation sites (tertiary alicyclic amines) is 2. The zero-order valence-electron chi connectivity index (χ0n) is 16.0. The average Bonchev–Trinajstić information content (AvgIpc) is 2.73. The molecule has 5 nitrogen and oxygen atoms in total. The van der Waals surface area contributed by atoms with E-state index >= 15 is 0 Å². The molecule has 1 aromatic carbocycles. The van der Waals surface area contributed by atoms with Gasteiger partial charge < -0.3 is 14.5 Å². The van der Waals surface area contributed by atoms with E-state index in [1.54, 1.807) is 12.0 Å². The summed E-state index contributed by atoms with van der Waals surface area (Å²) in [6.07, 6.45) is 7.07. The van der Waals surface area contributed by atoms with E-state index in [-0.39, 0.29) is 17.7 Å². The Morgan fingerprint density at radius 3 is 2.67 bits per heavy atom. The molecule has 1 atom stereocenters. The molecule has 27 heavy (non-hydrogen) atoms. The van der Waals surface area contributed by atoms with E-state index in [1.807, 2.05) is 23.1 Å². The van der Waals surface area contributed by atoms with Crippen LogP contribution in [-0.2, 0) is 9.59 Å². The van der Waals surface area contributed by atoms with Crippen LogP contribution in [-0.4, -0.2) is 54.9 Å². The molecule has 2 aliphatic heterocycles. The van der Waals surface area contributed by atoms with Crippen molar-refractivity contribution < 1.29 is 14.3 Å². The molecule has 2 fully saturated rings. The summed E-state index contributed by atoms with van der Waals surface area (Å²) in [4.78, 5) is 28.4. The van der Waals surface area contributed by atoms with Crippen LogP contribution in [0.3, 0.4) is 0 Å². The highest BCUT2D eigenvalue weighted by Crippen LogP contribution is 2.25. The molecule has 2 aliphatic rings. The minimum atomic E-state index is -0.0773. The fourth-order valence-corrected chi connectivity index (χ4v) is 3.89. The Bertz CT molecular complexity index is 731. The molecule has 1 aromatic rings. The Balaban J connectivity index is 1.56. The molecule has 2 heterocycles. The van der Waals surface area contributed by atoms with Crippen molar-refractivity contribution in [3.05, 3.63) is 48.1 Å². The second-order valence-electron chi connectivity index (χ2n) is 7.23. The van der Waals surface area contributed by atoms with Crippen LogP contribution < -0.4 is 4.74 Å². The molecular formula is C22H28N2O3. The Hall–Kier alpha value is -2.56. The van der Waals surface area contributed by atoms with E-state index in [4.69, 9.17) is 4.74 Å². The number of benzene rings is 1. The standard InChI is InChI=1S/C22H28N2O3/c1-3-21(25)24-11-5-7-19(16-24)22(26)23-12-9-17(10-13-23)14-18-6-4-8-20(15-18)27-2/h3-4,6,8,14-15,19H,1,5,7,9-13,16H2,2H3. The summed E-state index contributed by atoms with van der Waals surface area (Å²) in [6, 6.07) is 8.02.